The van der Waals surface area contributed by atoms with Gasteiger partial charge in [0, 0.05) is 31.7 Å². The molecule has 1 aromatic rings. The fourth-order valence-electron chi connectivity index (χ4n) is 2.44. The number of piperidine rings is 1. The Hall–Kier alpha value is -1.75. The first-order chi connectivity index (χ1) is 9.70. The molecule has 1 fully saturated rings. The molecule has 0 radical (unpaired) electrons. The number of benzene rings is 1. The summed E-state index contributed by atoms with van der Waals surface area (Å²) in [5.74, 6) is 0.217. The predicted octanol–water partition coefficient (Wildman–Crippen LogP) is 1.50. The quantitative estimate of drug-likeness (QED) is 0.886. The van der Waals surface area contributed by atoms with Crippen LogP contribution in [0.5, 0.6) is 0 Å². The number of nitrogens with zero attached hydrogens (tertiary/aromatic N) is 1. The number of para-hydroxylation sites is 1. The summed E-state index contributed by atoms with van der Waals surface area (Å²) in [4.78, 5) is 25.4. The molecule has 0 atom stereocenters. The van der Waals surface area contributed by atoms with E-state index in [9.17, 15) is 9.59 Å². The van der Waals surface area contributed by atoms with Gasteiger partial charge in [-0.1, -0.05) is 18.2 Å². The Morgan fingerprint density at radius 3 is 2.38 bits per heavy atom. The molecule has 2 N–H and O–H groups in total. The van der Waals surface area contributed by atoms with Crippen molar-refractivity contribution >= 4 is 29.9 Å². The molecule has 116 valence electrons. The normalized spacial score (nSPS) is 15.0. The summed E-state index contributed by atoms with van der Waals surface area (Å²) < 4.78 is 0. The zero-order valence-electron chi connectivity index (χ0n) is 12.2. The smallest absolute Gasteiger partial charge is 0.241 e. The zero-order valence-corrected chi connectivity index (χ0v) is 13.0. The van der Waals surface area contributed by atoms with Crippen molar-refractivity contribution in [3.8, 4) is 0 Å². The third-order valence-electron chi connectivity index (χ3n) is 3.68. The maximum atomic E-state index is 12.1. The molecule has 0 aliphatic carbocycles. The third kappa shape index (κ3) is 4.93. The molecule has 1 aliphatic heterocycles. The standard InChI is InChI=1S/C15H21N3O2.ClH/c1-16-15(20)12-7-9-18(10-8-12)14(19)11-17-13-5-3-2-4-6-13;/h2-6,12,17H,7-11H2,1H3,(H,16,20);1H. The molecule has 1 aliphatic rings. The van der Waals surface area contributed by atoms with Gasteiger partial charge in [-0.15, -0.1) is 12.4 Å². The van der Waals surface area contributed by atoms with Crippen molar-refractivity contribution in [2.75, 3.05) is 32.0 Å². The Morgan fingerprint density at radius 1 is 1.19 bits per heavy atom. The van der Waals surface area contributed by atoms with Gasteiger partial charge in [-0.3, -0.25) is 9.59 Å². The zero-order chi connectivity index (χ0) is 14.4. The number of anilines is 1. The maximum Gasteiger partial charge on any atom is 0.241 e. The van der Waals surface area contributed by atoms with Crippen LogP contribution in [-0.4, -0.2) is 43.4 Å². The largest absolute Gasteiger partial charge is 0.376 e. The van der Waals surface area contributed by atoms with Gasteiger partial charge in [0.15, 0.2) is 0 Å². The monoisotopic (exact) mass is 311 g/mol. The third-order valence-corrected chi connectivity index (χ3v) is 3.68. The molecule has 6 heteroatoms. The number of hydrogen-bond acceptors (Lipinski definition) is 3. The van der Waals surface area contributed by atoms with Crippen molar-refractivity contribution < 1.29 is 9.59 Å². The molecule has 0 aromatic heterocycles. The number of rotatable bonds is 4. The van der Waals surface area contributed by atoms with Gasteiger partial charge in [0.05, 0.1) is 6.54 Å². The highest BCUT2D eigenvalue weighted by Gasteiger charge is 2.26. The highest BCUT2D eigenvalue weighted by Crippen LogP contribution is 2.17. The second-order valence-corrected chi connectivity index (χ2v) is 4.99. The van der Waals surface area contributed by atoms with Crippen molar-refractivity contribution in [1.29, 1.82) is 0 Å². The summed E-state index contributed by atoms with van der Waals surface area (Å²) in [5, 5.41) is 5.79. The lowest BCUT2D eigenvalue weighted by Crippen LogP contribution is -2.44. The van der Waals surface area contributed by atoms with E-state index in [1.807, 2.05) is 35.2 Å². The fraction of sp³-hybridized carbons (Fsp3) is 0.467. The molecule has 0 bridgehead atoms. The lowest BCUT2D eigenvalue weighted by Gasteiger charge is -2.31. The summed E-state index contributed by atoms with van der Waals surface area (Å²) in [6, 6.07) is 9.68. The van der Waals surface area contributed by atoms with Crippen molar-refractivity contribution in [3.63, 3.8) is 0 Å². The van der Waals surface area contributed by atoms with E-state index in [-0.39, 0.29) is 30.1 Å². The molecule has 1 aromatic carbocycles. The average Bonchev–Trinajstić information content (AvgIpc) is 2.53. The fourth-order valence-corrected chi connectivity index (χ4v) is 2.44. The van der Waals surface area contributed by atoms with Crippen molar-refractivity contribution in [1.82, 2.24) is 10.2 Å². The van der Waals surface area contributed by atoms with Gasteiger partial charge in [0.1, 0.15) is 0 Å². The van der Waals surface area contributed by atoms with Gasteiger partial charge in [-0.2, -0.15) is 0 Å². The Morgan fingerprint density at radius 2 is 1.81 bits per heavy atom. The number of halogens is 1. The summed E-state index contributed by atoms with van der Waals surface area (Å²) >= 11 is 0. The molecule has 21 heavy (non-hydrogen) atoms. The number of hydrogen-bond donors (Lipinski definition) is 2. The number of nitrogens with one attached hydrogen (secondary N) is 2. The van der Waals surface area contributed by atoms with Gasteiger partial charge in [-0.05, 0) is 25.0 Å². The highest BCUT2D eigenvalue weighted by molar-refractivity contribution is 5.85. The van der Waals surface area contributed by atoms with Crippen LogP contribution in [0.1, 0.15) is 12.8 Å². The minimum atomic E-state index is 0. The van der Waals surface area contributed by atoms with Crippen LogP contribution in [0, 0.1) is 5.92 Å². The van der Waals surface area contributed by atoms with Crippen molar-refractivity contribution in [2.45, 2.75) is 12.8 Å². The van der Waals surface area contributed by atoms with Gasteiger partial charge in [0.2, 0.25) is 11.8 Å². The molecular weight excluding hydrogens is 290 g/mol. The van der Waals surface area contributed by atoms with E-state index >= 15 is 0 Å². The summed E-state index contributed by atoms with van der Waals surface area (Å²) in [5.41, 5.74) is 0.945. The van der Waals surface area contributed by atoms with E-state index in [0.29, 0.717) is 19.6 Å². The van der Waals surface area contributed by atoms with E-state index in [1.54, 1.807) is 7.05 Å². The van der Waals surface area contributed by atoms with Crippen LogP contribution >= 0.6 is 12.4 Å². The molecule has 0 spiro atoms. The van der Waals surface area contributed by atoms with Crippen LogP contribution in [0.3, 0.4) is 0 Å². The summed E-state index contributed by atoms with van der Waals surface area (Å²) in [6.07, 6.45) is 1.49. The molecule has 2 rings (SSSR count). The number of carbonyl (C=O) groups excluding carboxylic acids is 2. The van der Waals surface area contributed by atoms with E-state index in [4.69, 9.17) is 0 Å². The van der Waals surface area contributed by atoms with Crippen molar-refractivity contribution in [2.24, 2.45) is 5.92 Å². The predicted molar refractivity (Wildman–Crippen MR) is 85.6 cm³/mol. The Bertz CT molecular complexity index is 459. The Labute approximate surface area is 131 Å². The lowest BCUT2D eigenvalue weighted by molar-refractivity contribution is -0.134. The van der Waals surface area contributed by atoms with Gasteiger partial charge < -0.3 is 15.5 Å². The molecule has 0 unspecified atom stereocenters. The number of amides is 2. The molecule has 2 amide bonds. The van der Waals surface area contributed by atoms with E-state index < -0.39 is 0 Å². The summed E-state index contributed by atoms with van der Waals surface area (Å²) in [6.45, 7) is 1.62. The molecule has 1 heterocycles. The van der Waals surface area contributed by atoms with E-state index in [2.05, 4.69) is 10.6 Å². The molecule has 0 saturated carbocycles. The molecule has 5 nitrogen and oxygen atoms in total. The second-order valence-electron chi connectivity index (χ2n) is 4.99. The van der Waals surface area contributed by atoms with Crippen molar-refractivity contribution in [3.05, 3.63) is 30.3 Å². The van der Waals surface area contributed by atoms with Crippen LogP contribution in [0.15, 0.2) is 30.3 Å². The van der Waals surface area contributed by atoms with Crippen LogP contribution in [0.2, 0.25) is 0 Å². The highest BCUT2D eigenvalue weighted by atomic mass is 35.5. The van der Waals surface area contributed by atoms with Crippen LogP contribution in [0.4, 0.5) is 5.69 Å². The topological polar surface area (TPSA) is 61.4 Å². The average molecular weight is 312 g/mol. The van der Waals surface area contributed by atoms with E-state index in [0.717, 1.165) is 18.5 Å². The first-order valence-corrected chi connectivity index (χ1v) is 6.99. The Kier molecular flexibility index (Phi) is 7.02. The summed E-state index contributed by atoms with van der Waals surface area (Å²) in [7, 11) is 1.66. The van der Waals surface area contributed by atoms with Crippen LogP contribution in [-0.2, 0) is 9.59 Å². The lowest BCUT2D eigenvalue weighted by atomic mass is 9.96. The van der Waals surface area contributed by atoms with Crippen LogP contribution < -0.4 is 10.6 Å². The molecular formula is C15H22ClN3O2. The maximum absolute atomic E-state index is 12.1. The van der Waals surface area contributed by atoms with Gasteiger partial charge in [0.25, 0.3) is 0 Å². The number of likely N-dealkylation sites (tertiary alicyclic amines) is 1. The minimum absolute atomic E-state index is 0. The SMILES string of the molecule is CNC(=O)C1CCN(C(=O)CNc2ccccc2)CC1.Cl. The van der Waals surface area contributed by atoms with Gasteiger partial charge >= 0.3 is 0 Å². The minimum Gasteiger partial charge on any atom is -0.376 e. The Balaban J connectivity index is 0.00000220. The molecule has 1 saturated heterocycles. The van der Waals surface area contributed by atoms with Gasteiger partial charge in [-0.25, -0.2) is 0 Å². The van der Waals surface area contributed by atoms with E-state index in [1.165, 1.54) is 0 Å². The number of carbonyl (C=O) groups is 2. The first kappa shape index (κ1) is 17.3. The first-order valence-electron chi connectivity index (χ1n) is 6.99. The second kappa shape index (κ2) is 8.52. The van der Waals surface area contributed by atoms with Crippen LogP contribution in [0.25, 0.3) is 0 Å².